The van der Waals surface area contributed by atoms with Crippen LogP contribution in [0, 0.1) is 5.92 Å². The Balaban J connectivity index is 2.26. The van der Waals surface area contributed by atoms with Crippen molar-refractivity contribution in [1.82, 2.24) is 0 Å². The second-order valence-electron chi connectivity index (χ2n) is 7.81. The Morgan fingerprint density at radius 2 is 1.80 bits per heavy atom. The summed E-state index contributed by atoms with van der Waals surface area (Å²) in [6.07, 6.45) is -8.04. The van der Waals surface area contributed by atoms with Gasteiger partial charge >= 0.3 is 5.97 Å². The Morgan fingerprint density at radius 3 is 2.37 bits per heavy atom. The highest BCUT2D eigenvalue weighted by molar-refractivity contribution is 5.79. The summed E-state index contributed by atoms with van der Waals surface area (Å²) in [5.41, 5.74) is 6.37. The van der Waals surface area contributed by atoms with Crippen LogP contribution in [0.2, 0.25) is 0 Å². The van der Waals surface area contributed by atoms with Crippen LogP contribution in [0.5, 0.6) is 5.75 Å². The molecule has 30 heavy (non-hydrogen) atoms. The molecule has 1 fully saturated rings. The lowest BCUT2D eigenvalue weighted by atomic mass is 9.98. The molecule has 0 radical (unpaired) electrons. The summed E-state index contributed by atoms with van der Waals surface area (Å²) < 4.78 is 16.3. The van der Waals surface area contributed by atoms with Crippen LogP contribution in [-0.2, 0) is 25.7 Å². The third kappa shape index (κ3) is 5.82. The molecule has 2 rings (SSSR count). The van der Waals surface area contributed by atoms with E-state index in [1.54, 1.807) is 32.0 Å². The minimum atomic E-state index is -1.70. The fraction of sp³-hybridized carbons (Fsp3) is 0.600. The van der Waals surface area contributed by atoms with Crippen molar-refractivity contribution in [3.8, 4) is 5.75 Å². The largest absolute Gasteiger partial charge is 0.461 e. The third-order valence-electron chi connectivity index (χ3n) is 4.44. The summed E-state index contributed by atoms with van der Waals surface area (Å²) in [5, 5.41) is 33.3. The van der Waals surface area contributed by atoms with Gasteiger partial charge in [0, 0.05) is 6.04 Å². The van der Waals surface area contributed by atoms with Crippen molar-refractivity contribution >= 4 is 17.6 Å². The van der Waals surface area contributed by atoms with E-state index in [1.807, 2.05) is 13.8 Å². The average Bonchev–Trinajstić information content (AvgIpc) is 2.67. The van der Waals surface area contributed by atoms with E-state index >= 15 is 0 Å². The number of amides is 1. The van der Waals surface area contributed by atoms with E-state index in [-0.39, 0.29) is 30.3 Å². The molecular formula is C20H30N2O8. The number of aliphatic hydroxyl groups excluding tert-OH is 3. The number of nitrogens with one attached hydrogen (secondary N) is 1. The van der Waals surface area contributed by atoms with Gasteiger partial charge in [0.15, 0.2) is 6.10 Å². The Hall–Kier alpha value is -2.40. The summed E-state index contributed by atoms with van der Waals surface area (Å²) in [5.74, 6) is -1.39. The molecule has 0 saturated carbocycles. The second-order valence-corrected chi connectivity index (χ2v) is 7.81. The van der Waals surface area contributed by atoms with Gasteiger partial charge in [-0.1, -0.05) is 19.9 Å². The molecule has 1 aromatic carbocycles. The van der Waals surface area contributed by atoms with E-state index in [4.69, 9.17) is 19.9 Å². The van der Waals surface area contributed by atoms with E-state index in [0.29, 0.717) is 11.3 Å². The lowest BCUT2D eigenvalue weighted by Crippen LogP contribution is -2.62. The van der Waals surface area contributed by atoms with E-state index in [9.17, 15) is 24.9 Å². The van der Waals surface area contributed by atoms with Gasteiger partial charge in [0.05, 0.1) is 11.6 Å². The molecule has 1 saturated heterocycles. The highest BCUT2D eigenvalue weighted by atomic mass is 16.7. The zero-order valence-electron chi connectivity index (χ0n) is 17.4. The highest BCUT2D eigenvalue weighted by Gasteiger charge is 2.47. The molecule has 0 aromatic heterocycles. The van der Waals surface area contributed by atoms with Crippen molar-refractivity contribution in [2.75, 3.05) is 5.32 Å². The average molecular weight is 426 g/mol. The molecule has 1 aliphatic rings. The molecule has 0 unspecified atom stereocenters. The van der Waals surface area contributed by atoms with Gasteiger partial charge in [0.25, 0.3) is 0 Å². The van der Waals surface area contributed by atoms with Crippen molar-refractivity contribution in [2.45, 2.75) is 71.0 Å². The number of primary amides is 1. The lowest BCUT2D eigenvalue weighted by Gasteiger charge is -2.39. The number of esters is 1. The topological polar surface area (TPSA) is 161 Å². The normalized spacial score (nSPS) is 26.5. The maximum atomic E-state index is 11.7. The van der Waals surface area contributed by atoms with Crippen LogP contribution < -0.4 is 15.8 Å². The number of hydrogen-bond acceptors (Lipinski definition) is 9. The van der Waals surface area contributed by atoms with Crippen LogP contribution in [0.15, 0.2) is 18.2 Å². The molecule has 5 atom stereocenters. The molecule has 0 aliphatic carbocycles. The van der Waals surface area contributed by atoms with Crippen LogP contribution in [0.1, 0.15) is 33.3 Å². The number of anilines is 1. The molecule has 1 aliphatic heterocycles. The number of aliphatic hydroxyl groups is 3. The molecule has 0 spiro atoms. The molecular weight excluding hydrogens is 396 g/mol. The van der Waals surface area contributed by atoms with Crippen LogP contribution in [-0.4, -0.2) is 63.9 Å². The van der Waals surface area contributed by atoms with Gasteiger partial charge in [0.1, 0.15) is 30.7 Å². The zero-order chi connectivity index (χ0) is 22.6. The number of carbonyl (C=O) groups is 2. The summed E-state index contributed by atoms with van der Waals surface area (Å²) in [7, 11) is 0. The van der Waals surface area contributed by atoms with Gasteiger partial charge in [-0.15, -0.1) is 0 Å². The van der Waals surface area contributed by atoms with Gasteiger partial charge in [-0.2, -0.15) is 0 Å². The molecule has 10 heteroatoms. The number of ether oxygens (including phenoxy) is 3. The van der Waals surface area contributed by atoms with E-state index in [0.717, 1.165) is 0 Å². The van der Waals surface area contributed by atoms with Crippen LogP contribution in [0.25, 0.3) is 0 Å². The summed E-state index contributed by atoms with van der Waals surface area (Å²) >= 11 is 0. The van der Waals surface area contributed by atoms with Crippen LogP contribution in [0.3, 0.4) is 0 Å². The van der Waals surface area contributed by atoms with Gasteiger partial charge in [-0.3, -0.25) is 9.59 Å². The summed E-state index contributed by atoms with van der Waals surface area (Å²) in [6.45, 7) is 7.29. The third-order valence-corrected chi connectivity index (χ3v) is 4.44. The van der Waals surface area contributed by atoms with Crippen molar-refractivity contribution in [2.24, 2.45) is 11.7 Å². The Labute approximate surface area is 174 Å². The number of hydrogen-bond donors (Lipinski definition) is 5. The van der Waals surface area contributed by atoms with Crippen molar-refractivity contribution < 1.29 is 39.1 Å². The maximum absolute atomic E-state index is 11.7. The quantitative estimate of drug-likeness (QED) is 0.357. The van der Waals surface area contributed by atoms with Crippen LogP contribution in [0.4, 0.5) is 5.69 Å². The molecule has 10 nitrogen and oxygen atoms in total. The molecule has 1 aromatic rings. The first-order valence-corrected chi connectivity index (χ1v) is 9.73. The van der Waals surface area contributed by atoms with Crippen LogP contribution >= 0.6 is 0 Å². The molecule has 1 amide bonds. The Bertz CT molecular complexity index is 754. The molecule has 6 N–H and O–H groups in total. The molecule has 1 heterocycles. The monoisotopic (exact) mass is 426 g/mol. The van der Waals surface area contributed by atoms with E-state index < -0.39 is 36.6 Å². The Kier molecular flexibility index (Phi) is 8.02. The first-order valence-electron chi connectivity index (χ1n) is 9.73. The first kappa shape index (κ1) is 23.9. The minimum absolute atomic E-state index is 0.00859. The van der Waals surface area contributed by atoms with Gasteiger partial charge < -0.3 is 40.6 Å². The predicted molar refractivity (Wildman–Crippen MR) is 106 cm³/mol. The van der Waals surface area contributed by atoms with Gasteiger partial charge in [-0.05, 0) is 31.5 Å². The zero-order valence-corrected chi connectivity index (χ0v) is 17.4. The second kappa shape index (κ2) is 10.1. The predicted octanol–water partition coefficient (Wildman–Crippen LogP) is -0.122. The minimum Gasteiger partial charge on any atom is -0.461 e. The number of rotatable bonds is 8. The standard InChI is InChI=1S/C20H30N2O8/c1-9(2)19(27)28-8-11-5-6-12(22-10(3)4)13(7-11)29-20-16(25)14(23)15(24)17(30-20)18(21)26/h5-7,9-10,14-17,20,22-25H,8H2,1-4H3,(H2,21,26)/t14-,15-,16+,17-,20+/m0/s1. The van der Waals surface area contributed by atoms with E-state index in [2.05, 4.69) is 5.32 Å². The summed E-state index contributed by atoms with van der Waals surface area (Å²) in [4.78, 5) is 23.2. The van der Waals surface area contributed by atoms with E-state index in [1.165, 1.54) is 0 Å². The molecule has 0 bridgehead atoms. The lowest BCUT2D eigenvalue weighted by molar-refractivity contribution is -0.265. The molecule has 168 valence electrons. The van der Waals surface area contributed by atoms with Crippen molar-refractivity contribution in [3.05, 3.63) is 23.8 Å². The highest BCUT2D eigenvalue weighted by Crippen LogP contribution is 2.31. The maximum Gasteiger partial charge on any atom is 0.308 e. The Morgan fingerprint density at radius 1 is 1.13 bits per heavy atom. The first-order chi connectivity index (χ1) is 14.0. The number of carbonyl (C=O) groups excluding carboxylic acids is 2. The van der Waals surface area contributed by atoms with Gasteiger partial charge in [-0.25, -0.2) is 0 Å². The summed E-state index contributed by atoms with van der Waals surface area (Å²) in [6, 6.07) is 5.08. The number of nitrogens with two attached hydrogens (primary N) is 1. The van der Waals surface area contributed by atoms with Crippen molar-refractivity contribution in [3.63, 3.8) is 0 Å². The van der Waals surface area contributed by atoms with Gasteiger partial charge in [0.2, 0.25) is 12.2 Å². The fourth-order valence-corrected chi connectivity index (χ4v) is 2.81. The smallest absolute Gasteiger partial charge is 0.308 e. The SMILES string of the molecule is CC(C)Nc1ccc(COC(=O)C(C)C)cc1O[C@@H]1O[C@H](C(N)=O)[C@@H](O)[C@H](O)[C@H]1O. The van der Waals surface area contributed by atoms with Crippen molar-refractivity contribution in [1.29, 1.82) is 0 Å². The fourth-order valence-electron chi connectivity index (χ4n) is 2.81. The number of benzene rings is 1.